The molecule has 1 N–H and O–H groups in total. The molecule has 1 aromatic carbocycles. The van der Waals surface area contributed by atoms with Crippen molar-refractivity contribution in [3.8, 4) is 0 Å². The molecular formula is C13H19NO2. The van der Waals surface area contributed by atoms with E-state index in [9.17, 15) is 5.11 Å². The van der Waals surface area contributed by atoms with Crippen molar-refractivity contribution in [1.82, 2.24) is 4.90 Å². The molecule has 0 amide bonds. The second kappa shape index (κ2) is 5.43. The summed E-state index contributed by atoms with van der Waals surface area (Å²) in [7, 11) is 1.56. The lowest BCUT2D eigenvalue weighted by molar-refractivity contribution is -0.109. The second-order valence-electron chi connectivity index (χ2n) is 4.40. The summed E-state index contributed by atoms with van der Waals surface area (Å²) >= 11 is 0. The summed E-state index contributed by atoms with van der Waals surface area (Å²) < 4.78 is 4.96. The summed E-state index contributed by atoms with van der Waals surface area (Å²) in [5.41, 5.74) is 1.33. The lowest BCUT2D eigenvalue weighted by Crippen LogP contribution is -2.26. The third-order valence-electron chi connectivity index (χ3n) is 3.20. The SMILES string of the molecule is COC(O)C1CCN(Cc2ccccc2)C1. The second-order valence-corrected chi connectivity index (χ2v) is 4.40. The smallest absolute Gasteiger partial charge is 0.158 e. The number of aliphatic hydroxyl groups excluding tert-OH is 1. The lowest BCUT2D eigenvalue weighted by Gasteiger charge is -2.18. The van der Waals surface area contributed by atoms with Crippen molar-refractivity contribution in [2.24, 2.45) is 5.92 Å². The first-order chi connectivity index (χ1) is 7.79. The fourth-order valence-corrected chi connectivity index (χ4v) is 2.27. The summed E-state index contributed by atoms with van der Waals surface area (Å²) in [5.74, 6) is 0.258. The van der Waals surface area contributed by atoms with Crippen LogP contribution in [0.25, 0.3) is 0 Å². The standard InChI is InChI=1S/C13H19NO2/c1-16-13(15)12-7-8-14(10-12)9-11-5-3-2-4-6-11/h2-6,12-13,15H,7-10H2,1H3. The van der Waals surface area contributed by atoms with E-state index >= 15 is 0 Å². The Hall–Kier alpha value is -0.900. The average Bonchev–Trinajstić information content (AvgIpc) is 2.78. The molecule has 3 heteroatoms. The molecule has 0 radical (unpaired) electrons. The van der Waals surface area contributed by atoms with Gasteiger partial charge in [0, 0.05) is 26.1 Å². The highest BCUT2D eigenvalue weighted by Gasteiger charge is 2.28. The number of methoxy groups -OCH3 is 1. The predicted octanol–water partition coefficient (Wildman–Crippen LogP) is 1.47. The first kappa shape index (κ1) is 11.6. The predicted molar refractivity (Wildman–Crippen MR) is 62.8 cm³/mol. The van der Waals surface area contributed by atoms with Crippen LogP contribution in [0.1, 0.15) is 12.0 Å². The molecule has 0 spiro atoms. The van der Waals surface area contributed by atoms with Crippen molar-refractivity contribution >= 4 is 0 Å². The minimum absolute atomic E-state index is 0.258. The maximum absolute atomic E-state index is 9.59. The van der Waals surface area contributed by atoms with Crippen LogP contribution in [0.2, 0.25) is 0 Å². The summed E-state index contributed by atoms with van der Waals surface area (Å²) in [6.45, 7) is 2.93. The van der Waals surface area contributed by atoms with E-state index in [2.05, 4.69) is 29.2 Å². The molecule has 0 saturated carbocycles. The summed E-state index contributed by atoms with van der Waals surface area (Å²) in [5, 5.41) is 9.59. The van der Waals surface area contributed by atoms with Gasteiger partial charge in [0.15, 0.2) is 6.29 Å². The molecule has 1 fully saturated rings. The van der Waals surface area contributed by atoms with Gasteiger partial charge in [0.25, 0.3) is 0 Å². The molecule has 88 valence electrons. The van der Waals surface area contributed by atoms with Crippen LogP contribution in [-0.4, -0.2) is 36.5 Å². The highest BCUT2D eigenvalue weighted by atomic mass is 16.6. The third-order valence-corrected chi connectivity index (χ3v) is 3.20. The number of benzene rings is 1. The van der Waals surface area contributed by atoms with Gasteiger partial charge in [-0.3, -0.25) is 4.90 Å². The largest absolute Gasteiger partial charge is 0.368 e. The van der Waals surface area contributed by atoms with E-state index < -0.39 is 6.29 Å². The molecule has 3 nitrogen and oxygen atoms in total. The summed E-state index contributed by atoms with van der Waals surface area (Å²) in [6.07, 6.45) is 0.405. The van der Waals surface area contributed by atoms with Gasteiger partial charge in [0.05, 0.1) is 0 Å². The van der Waals surface area contributed by atoms with E-state index in [1.165, 1.54) is 5.56 Å². The molecule has 1 aromatic rings. The monoisotopic (exact) mass is 221 g/mol. The molecule has 0 aliphatic carbocycles. The summed E-state index contributed by atoms with van der Waals surface area (Å²) in [4.78, 5) is 2.36. The number of ether oxygens (including phenoxy) is 1. The molecule has 16 heavy (non-hydrogen) atoms. The van der Waals surface area contributed by atoms with Crippen LogP contribution in [0.15, 0.2) is 30.3 Å². The Labute approximate surface area is 96.6 Å². The molecular weight excluding hydrogens is 202 g/mol. The van der Waals surface area contributed by atoms with Crippen LogP contribution in [0.4, 0.5) is 0 Å². The molecule has 2 rings (SSSR count). The van der Waals surface area contributed by atoms with E-state index in [-0.39, 0.29) is 5.92 Å². The number of hydrogen-bond donors (Lipinski definition) is 1. The van der Waals surface area contributed by atoms with Gasteiger partial charge < -0.3 is 9.84 Å². The Morgan fingerprint density at radius 3 is 2.88 bits per heavy atom. The Kier molecular flexibility index (Phi) is 3.93. The minimum Gasteiger partial charge on any atom is -0.368 e. The van der Waals surface area contributed by atoms with Gasteiger partial charge in [-0.1, -0.05) is 30.3 Å². The van der Waals surface area contributed by atoms with Gasteiger partial charge in [-0.05, 0) is 18.5 Å². The molecule has 1 saturated heterocycles. The summed E-state index contributed by atoms with van der Waals surface area (Å²) in [6, 6.07) is 10.4. The van der Waals surface area contributed by atoms with Gasteiger partial charge in [-0.2, -0.15) is 0 Å². The van der Waals surface area contributed by atoms with Gasteiger partial charge in [0.2, 0.25) is 0 Å². The van der Waals surface area contributed by atoms with E-state index in [4.69, 9.17) is 4.74 Å². The van der Waals surface area contributed by atoms with Crippen LogP contribution in [0.3, 0.4) is 0 Å². The van der Waals surface area contributed by atoms with Crippen LogP contribution < -0.4 is 0 Å². The van der Waals surface area contributed by atoms with Crippen molar-refractivity contribution in [3.05, 3.63) is 35.9 Å². The van der Waals surface area contributed by atoms with Crippen molar-refractivity contribution in [3.63, 3.8) is 0 Å². The molecule has 0 bridgehead atoms. The number of hydrogen-bond acceptors (Lipinski definition) is 3. The topological polar surface area (TPSA) is 32.7 Å². The molecule has 0 aromatic heterocycles. The van der Waals surface area contributed by atoms with Crippen molar-refractivity contribution < 1.29 is 9.84 Å². The Morgan fingerprint density at radius 2 is 2.19 bits per heavy atom. The van der Waals surface area contributed by atoms with E-state index in [1.807, 2.05) is 6.07 Å². The Balaban J connectivity index is 1.85. The zero-order valence-electron chi connectivity index (χ0n) is 9.67. The average molecular weight is 221 g/mol. The molecule has 1 aliphatic rings. The minimum atomic E-state index is -0.610. The number of aliphatic hydroxyl groups is 1. The molecule has 2 atom stereocenters. The highest BCUT2D eigenvalue weighted by molar-refractivity contribution is 5.14. The highest BCUT2D eigenvalue weighted by Crippen LogP contribution is 2.21. The van der Waals surface area contributed by atoms with Crippen molar-refractivity contribution in [2.75, 3.05) is 20.2 Å². The van der Waals surface area contributed by atoms with Gasteiger partial charge >= 0.3 is 0 Å². The molecule has 2 unspecified atom stereocenters. The van der Waals surface area contributed by atoms with Gasteiger partial charge in [-0.15, -0.1) is 0 Å². The number of likely N-dealkylation sites (tertiary alicyclic amines) is 1. The van der Waals surface area contributed by atoms with Crippen LogP contribution >= 0.6 is 0 Å². The normalized spacial score (nSPS) is 23.5. The van der Waals surface area contributed by atoms with E-state index in [0.717, 1.165) is 26.1 Å². The quantitative estimate of drug-likeness (QED) is 0.782. The van der Waals surface area contributed by atoms with E-state index in [0.29, 0.717) is 0 Å². The Bertz CT molecular complexity index is 315. The van der Waals surface area contributed by atoms with Gasteiger partial charge in [-0.25, -0.2) is 0 Å². The lowest BCUT2D eigenvalue weighted by atomic mass is 10.1. The maximum atomic E-state index is 9.59. The third kappa shape index (κ3) is 2.82. The van der Waals surface area contributed by atoms with Gasteiger partial charge in [0.1, 0.15) is 0 Å². The Morgan fingerprint density at radius 1 is 1.44 bits per heavy atom. The van der Waals surface area contributed by atoms with E-state index in [1.54, 1.807) is 7.11 Å². The van der Waals surface area contributed by atoms with Crippen LogP contribution in [-0.2, 0) is 11.3 Å². The van der Waals surface area contributed by atoms with Crippen molar-refractivity contribution in [2.45, 2.75) is 19.3 Å². The zero-order valence-corrected chi connectivity index (χ0v) is 9.67. The van der Waals surface area contributed by atoms with Crippen LogP contribution in [0.5, 0.6) is 0 Å². The number of nitrogens with zero attached hydrogens (tertiary/aromatic N) is 1. The van der Waals surface area contributed by atoms with Crippen molar-refractivity contribution in [1.29, 1.82) is 0 Å². The molecule has 1 aliphatic heterocycles. The molecule has 1 heterocycles. The first-order valence-corrected chi connectivity index (χ1v) is 5.76. The number of rotatable bonds is 4. The first-order valence-electron chi connectivity index (χ1n) is 5.76. The zero-order chi connectivity index (χ0) is 11.4. The fourth-order valence-electron chi connectivity index (χ4n) is 2.27. The maximum Gasteiger partial charge on any atom is 0.158 e. The fraction of sp³-hybridized carbons (Fsp3) is 0.538. The van der Waals surface area contributed by atoms with Crippen LogP contribution in [0, 0.1) is 5.92 Å².